The Morgan fingerprint density at radius 3 is 2.55 bits per heavy atom. The maximum Gasteiger partial charge on any atom is 0.230 e. The zero-order valence-corrected chi connectivity index (χ0v) is 12.8. The number of nitrogens with zero attached hydrogens (tertiary/aromatic N) is 3. The van der Waals surface area contributed by atoms with Gasteiger partial charge in [0.05, 0.1) is 10.7 Å². The van der Waals surface area contributed by atoms with Crippen LogP contribution in [-0.4, -0.2) is 15.1 Å². The van der Waals surface area contributed by atoms with E-state index in [1.807, 2.05) is 44.2 Å². The number of halogens is 1. The third-order valence-corrected chi connectivity index (χ3v) is 3.19. The van der Waals surface area contributed by atoms with Gasteiger partial charge in [-0.25, -0.2) is 4.98 Å². The van der Waals surface area contributed by atoms with Gasteiger partial charge in [0.2, 0.25) is 5.95 Å². The first-order valence-electron chi connectivity index (χ1n) is 6.68. The normalized spacial score (nSPS) is 10.5. The highest BCUT2D eigenvalue weighted by Gasteiger charge is 2.07. The average molecular weight is 316 g/mol. The zero-order chi connectivity index (χ0) is 15.5. The first-order valence-corrected chi connectivity index (χ1v) is 7.05. The Morgan fingerprint density at radius 2 is 1.82 bits per heavy atom. The van der Waals surface area contributed by atoms with Gasteiger partial charge in [-0.1, -0.05) is 28.9 Å². The number of aryl methyl sites for hydroxylation is 2. The van der Waals surface area contributed by atoms with Crippen LogP contribution in [0.5, 0.6) is 0 Å². The summed E-state index contributed by atoms with van der Waals surface area (Å²) in [6, 6.07) is 11.1. The Bertz CT molecular complexity index is 802. The van der Waals surface area contributed by atoms with E-state index < -0.39 is 0 Å². The second-order valence-corrected chi connectivity index (χ2v) is 5.18. The van der Waals surface area contributed by atoms with Crippen LogP contribution in [0.1, 0.15) is 11.5 Å². The average Bonchev–Trinajstić information content (AvgIpc) is 2.86. The molecule has 0 saturated carbocycles. The van der Waals surface area contributed by atoms with Crippen LogP contribution in [0.4, 0.5) is 23.3 Å². The second kappa shape index (κ2) is 6.03. The first-order chi connectivity index (χ1) is 10.6. The summed E-state index contributed by atoms with van der Waals surface area (Å²) in [5.41, 5.74) is 1.60. The molecule has 3 aromatic rings. The molecule has 0 bridgehead atoms. The molecule has 0 amide bonds. The van der Waals surface area contributed by atoms with E-state index >= 15 is 0 Å². The lowest BCUT2D eigenvalue weighted by Gasteiger charge is -2.09. The monoisotopic (exact) mass is 315 g/mol. The summed E-state index contributed by atoms with van der Waals surface area (Å²) in [7, 11) is 0. The van der Waals surface area contributed by atoms with Gasteiger partial charge < -0.3 is 15.2 Å². The Kier molecular flexibility index (Phi) is 3.93. The maximum absolute atomic E-state index is 6.14. The number of para-hydroxylation sites is 1. The highest BCUT2D eigenvalue weighted by molar-refractivity contribution is 6.33. The van der Waals surface area contributed by atoms with Crippen LogP contribution in [0.25, 0.3) is 0 Å². The SMILES string of the molecule is Cc1cc(Nc2ccccc2Cl)nc(Nc2cc(C)on2)n1. The van der Waals surface area contributed by atoms with E-state index in [4.69, 9.17) is 16.1 Å². The summed E-state index contributed by atoms with van der Waals surface area (Å²) in [5.74, 6) is 2.35. The van der Waals surface area contributed by atoms with Gasteiger partial charge in [-0.05, 0) is 26.0 Å². The molecule has 0 fully saturated rings. The van der Waals surface area contributed by atoms with Crippen LogP contribution < -0.4 is 10.6 Å². The van der Waals surface area contributed by atoms with Gasteiger partial charge in [-0.3, -0.25) is 0 Å². The highest BCUT2D eigenvalue weighted by Crippen LogP contribution is 2.25. The smallest absolute Gasteiger partial charge is 0.230 e. The van der Waals surface area contributed by atoms with E-state index in [1.165, 1.54) is 0 Å². The molecule has 0 aliphatic heterocycles. The Balaban J connectivity index is 1.85. The zero-order valence-electron chi connectivity index (χ0n) is 12.1. The lowest BCUT2D eigenvalue weighted by molar-refractivity contribution is 0.400. The number of hydrogen-bond acceptors (Lipinski definition) is 6. The predicted molar refractivity (Wildman–Crippen MR) is 86.0 cm³/mol. The predicted octanol–water partition coefficient (Wildman–Crippen LogP) is 4.22. The number of aromatic nitrogens is 3. The van der Waals surface area contributed by atoms with Crippen LogP contribution in [0.2, 0.25) is 5.02 Å². The highest BCUT2D eigenvalue weighted by atomic mass is 35.5. The number of anilines is 4. The van der Waals surface area contributed by atoms with Crippen LogP contribution >= 0.6 is 11.6 Å². The van der Waals surface area contributed by atoms with Gasteiger partial charge in [-0.2, -0.15) is 4.98 Å². The molecule has 0 spiro atoms. The number of hydrogen-bond donors (Lipinski definition) is 2. The molecule has 0 unspecified atom stereocenters. The van der Waals surface area contributed by atoms with Gasteiger partial charge in [0.1, 0.15) is 11.6 Å². The fraction of sp³-hybridized carbons (Fsp3) is 0.133. The molecule has 1 aromatic carbocycles. The Hall–Kier alpha value is -2.60. The molecule has 22 heavy (non-hydrogen) atoms. The van der Waals surface area contributed by atoms with Crippen molar-refractivity contribution >= 4 is 34.9 Å². The van der Waals surface area contributed by atoms with E-state index in [0.29, 0.717) is 28.4 Å². The number of nitrogens with one attached hydrogen (secondary N) is 2. The molecule has 0 aliphatic rings. The second-order valence-electron chi connectivity index (χ2n) is 4.77. The van der Waals surface area contributed by atoms with Gasteiger partial charge in [-0.15, -0.1) is 0 Å². The minimum absolute atomic E-state index is 0.433. The van der Waals surface area contributed by atoms with E-state index in [2.05, 4.69) is 25.8 Å². The molecule has 2 N–H and O–H groups in total. The molecule has 0 aliphatic carbocycles. The van der Waals surface area contributed by atoms with Crippen LogP contribution in [-0.2, 0) is 0 Å². The molecule has 2 heterocycles. The quantitative estimate of drug-likeness (QED) is 0.750. The number of rotatable bonds is 4. The molecular formula is C15H14ClN5O. The van der Waals surface area contributed by atoms with Crippen molar-refractivity contribution in [2.45, 2.75) is 13.8 Å². The Morgan fingerprint density at radius 1 is 1.00 bits per heavy atom. The molecule has 0 radical (unpaired) electrons. The van der Waals surface area contributed by atoms with Crippen molar-refractivity contribution in [2.75, 3.05) is 10.6 Å². The lowest BCUT2D eigenvalue weighted by Crippen LogP contribution is -2.02. The van der Waals surface area contributed by atoms with E-state index in [1.54, 1.807) is 6.07 Å². The van der Waals surface area contributed by atoms with Crippen molar-refractivity contribution in [3.8, 4) is 0 Å². The van der Waals surface area contributed by atoms with Gasteiger partial charge in [0, 0.05) is 17.8 Å². The maximum atomic E-state index is 6.14. The summed E-state index contributed by atoms with van der Waals surface area (Å²) in [5, 5.41) is 10.7. The first kappa shape index (κ1) is 14.3. The van der Waals surface area contributed by atoms with Crippen molar-refractivity contribution in [1.29, 1.82) is 0 Å². The third-order valence-electron chi connectivity index (χ3n) is 2.86. The van der Waals surface area contributed by atoms with Crippen molar-refractivity contribution < 1.29 is 4.52 Å². The molecule has 3 rings (SSSR count). The van der Waals surface area contributed by atoms with Gasteiger partial charge >= 0.3 is 0 Å². The summed E-state index contributed by atoms with van der Waals surface area (Å²) < 4.78 is 5.01. The molecule has 0 atom stereocenters. The van der Waals surface area contributed by atoms with Crippen LogP contribution in [0.15, 0.2) is 40.9 Å². The molecule has 0 saturated heterocycles. The van der Waals surface area contributed by atoms with Crippen LogP contribution in [0.3, 0.4) is 0 Å². The molecule has 6 nitrogen and oxygen atoms in total. The minimum Gasteiger partial charge on any atom is -0.360 e. The van der Waals surface area contributed by atoms with E-state index in [-0.39, 0.29) is 0 Å². The van der Waals surface area contributed by atoms with Crippen molar-refractivity contribution in [3.05, 3.63) is 52.9 Å². The standard InChI is InChI=1S/C15H14ClN5O/c1-9-7-13(18-12-6-4-3-5-11(12)16)19-15(17-9)20-14-8-10(2)22-21-14/h3-8H,1-2H3,(H2,17,18,19,20,21). The molecule has 112 valence electrons. The summed E-state index contributed by atoms with van der Waals surface area (Å²) in [6.45, 7) is 3.71. The topological polar surface area (TPSA) is 75.9 Å². The van der Waals surface area contributed by atoms with Crippen LogP contribution in [0, 0.1) is 13.8 Å². The van der Waals surface area contributed by atoms with Gasteiger partial charge in [0.15, 0.2) is 5.82 Å². The largest absolute Gasteiger partial charge is 0.360 e. The van der Waals surface area contributed by atoms with Crippen molar-refractivity contribution in [1.82, 2.24) is 15.1 Å². The molecule has 7 heteroatoms. The molecular weight excluding hydrogens is 302 g/mol. The number of benzene rings is 1. The molecule has 2 aromatic heterocycles. The fourth-order valence-electron chi connectivity index (χ4n) is 1.93. The summed E-state index contributed by atoms with van der Waals surface area (Å²) in [4.78, 5) is 8.73. The van der Waals surface area contributed by atoms with Crippen molar-refractivity contribution in [3.63, 3.8) is 0 Å². The third kappa shape index (κ3) is 3.35. The lowest BCUT2D eigenvalue weighted by atomic mass is 10.3. The van der Waals surface area contributed by atoms with Crippen molar-refractivity contribution in [2.24, 2.45) is 0 Å². The van der Waals surface area contributed by atoms with Gasteiger partial charge in [0.25, 0.3) is 0 Å². The fourth-order valence-corrected chi connectivity index (χ4v) is 2.11. The minimum atomic E-state index is 0.433. The summed E-state index contributed by atoms with van der Waals surface area (Å²) >= 11 is 6.14. The summed E-state index contributed by atoms with van der Waals surface area (Å²) in [6.07, 6.45) is 0. The van der Waals surface area contributed by atoms with E-state index in [9.17, 15) is 0 Å². The van der Waals surface area contributed by atoms with E-state index in [0.717, 1.165) is 11.4 Å². The Labute approximate surface area is 132 Å².